The minimum atomic E-state index is -3.65. The second kappa shape index (κ2) is 7.65. The van der Waals surface area contributed by atoms with Crippen molar-refractivity contribution in [3.05, 3.63) is 47.0 Å². The SMILES string of the molecule is COc1cc(OC)c(NS(=O)(=O)Cc2ccc(C)cc2)c(OC)c1C. The lowest BCUT2D eigenvalue weighted by molar-refractivity contribution is 0.374. The lowest BCUT2D eigenvalue weighted by atomic mass is 10.1. The standard InChI is InChI=1S/C18H23NO5S/c1-12-6-8-14(9-7-12)11-25(20,21)19-17-16(23-4)10-15(22-3)13(2)18(17)24-5/h6-10,19H,11H2,1-5H3. The Bertz CT molecular complexity index is 845. The van der Waals surface area contributed by atoms with Crippen LogP contribution in [-0.2, 0) is 15.8 Å². The van der Waals surface area contributed by atoms with E-state index in [0.29, 0.717) is 28.4 Å². The Kier molecular flexibility index (Phi) is 5.79. The van der Waals surface area contributed by atoms with Crippen molar-refractivity contribution in [3.63, 3.8) is 0 Å². The fraction of sp³-hybridized carbons (Fsp3) is 0.333. The zero-order valence-corrected chi connectivity index (χ0v) is 15.9. The molecular weight excluding hydrogens is 342 g/mol. The van der Waals surface area contributed by atoms with Gasteiger partial charge in [-0.05, 0) is 19.4 Å². The lowest BCUT2D eigenvalue weighted by Crippen LogP contribution is -2.17. The summed E-state index contributed by atoms with van der Waals surface area (Å²) in [7, 11) is 0.808. The number of sulfonamides is 1. The molecule has 0 aromatic heterocycles. The van der Waals surface area contributed by atoms with E-state index in [9.17, 15) is 8.42 Å². The van der Waals surface area contributed by atoms with Gasteiger partial charge in [-0.25, -0.2) is 8.42 Å². The van der Waals surface area contributed by atoms with Crippen LogP contribution in [0, 0.1) is 13.8 Å². The van der Waals surface area contributed by atoms with Gasteiger partial charge in [-0.3, -0.25) is 4.72 Å². The molecule has 0 aliphatic carbocycles. The topological polar surface area (TPSA) is 73.9 Å². The molecule has 25 heavy (non-hydrogen) atoms. The molecule has 0 amide bonds. The molecule has 0 bridgehead atoms. The maximum atomic E-state index is 12.6. The molecule has 0 saturated carbocycles. The molecule has 0 spiro atoms. The van der Waals surface area contributed by atoms with E-state index in [1.807, 2.05) is 19.1 Å². The van der Waals surface area contributed by atoms with E-state index >= 15 is 0 Å². The summed E-state index contributed by atoms with van der Waals surface area (Å²) in [5.74, 6) is 1.09. The van der Waals surface area contributed by atoms with Gasteiger partial charge < -0.3 is 14.2 Å². The summed E-state index contributed by atoms with van der Waals surface area (Å²) in [4.78, 5) is 0. The van der Waals surface area contributed by atoms with Crippen molar-refractivity contribution in [1.82, 2.24) is 0 Å². The first-order chi connectivity index (χ1) is 11.8. The van der Waals surface area contributed by atoms with Crippen molar-refractivity contribution in [3.8, 4) is 17.2 Å². The highest BCUT2D eigenvalue weighted by atomic mass is 32.2. The predicted octanol–water partition coefficient (Wildman–Crippen LogP) is 3.27. The fourth-order valence-electron chi connectivity index (χ4n) is 2.53. The largest absolute Gasteiger partial charge is 0.496 e. The van der Waals surface area contributed by atoms with Gasteiger partial charge in [0.25, 0.3) is 0 Å². The van der Waals surface area contributed by atoms with Gasteiger partial charge in [-0.15, -0.1) is 0 Å². The smallest absolute Gasteiger partial charge is 0.237 e. The van der Waals surface area contributed by atoms with E-state index < -0.39 is 10.0 Å². The predicted molar refractivity (Wildman–Crippen MR) is 98.3 cm³/mol. The van der Waals surface area contributed by atoms with E-state index in [4.69, 9.17) is 14.2 Å². The summed E-state index contributed by atoms with van der Waals surface area (Å²) in [5, 5.41) is 0. The molecule has 6 nitrogen and oxygen atoms in total. The molecule has 1 N–H and O–H groups in total. The highest BCUT2D eigenvalue weighted by molar-refractivity contribution is 7.91. The third-order valence-corrected chi connectivity index (χ3v) is 5.05. The fourth-order valence-corrected chi connectivity index (χ4v) is 3.74. The number of anilines is 1. The third kappa shape index (κ3) is 4.36. The van der Waals surface area contributed by atoms with E-state index in [1.54, 1.807) is 25.1 Å². The Morgan fingerprint density at radius 3 is 2.04 bits per heavy atom. The molecule has 0 atom stereocenters. The average molecular weight is 365 g/mol. The molecule has 7 heteroatoms. The van der Waals surface area contributed by atoms with Gasteiger partial charge in [0, 0.05) is 11.6 Å². The molecule has 2 rings (SSSR count). The first-order valence-electron chi connectivity index (χ1n) is 7.67. The van der Waals surface area contributed by atoms with Crippen LogP contribution >= 0.6 is 0 Å². The van der Waals surface area contributed by atoms with Crippen molar-refractivity contribution < 1.29 is 22.6 Å². The first-order valence-corrected chi connectivity index (χ1v) is 9.32. The average Bonchev–Trinajstić information content (AvgIpc) is 2.57. The maximum Gasteiger partial charge on any atom is 0.237 e. The zero-order valence-electron chi connectivity index (χ0n) is 15.0. The van der Waals surface area contributed by atoms with Crippen LogP contribution in [-0.4, -0.2) is 29.7 Å². The highest BCUT2D eigenvalue weighted by Gasteiger charge is 2.22. The van der Waals surface area contributed by atoms with E-state index in [1.165, 1.54) is 21.3 Å². The van der Waals surface area contributed by atoms with Gasteiger partial charge >= 0.3 is 0 Å². The maximum absolute atomic E-state index is 12.6. The van der Waals surface area contributed by atoms with E-state index in [0.717, 1.165) is 5.56 Å². The summed E-state index contributed by atoms with van der Waals surface area (Å²) < 4.78 is 43.8. The Hall–Kier alpha value is -2.41. The molecule has 0 saturated heterocycles. The van der Waals surface area contributed by atoms with Crippen molar-refractivity contribution in [2.45, 2.75) is 19.6 Å². The lowest BCUT2D eigenvalue weighted by Gasteiger charge is -2.19. The van der Waals surface area contributed by atoms with E-state index in [2.05, 4.69) is 4.72 Å². The molecule has 2 aromatic rings. The van der Waals surface area contributed by atoms with Gasteiger partial charge in [0.2, 0.25) is 10.0 Å². The summed E-state index contributed by atoms with van der Waals surface area (Å²) in [6, 6.07) is 8.97. The van der Waals surface area contributed by atoms with Crippen LogP contribution in [0.2, 0.25) is 0 Å². The summed E-state index contributed by atoms with van der Waals surface area (Å²) in [6.45, 7) is 3.74. The molecular formula is C18H23NO5S. The Balaban J connectivity index is 2.40. The summed E-state index contributed by atoms with van der Waals surface area (Å²) in [6.07, 6.45) is 0. The number of nitrogens with one attached hydrogen (secondary N) is 1. The number of hydrogen-bond donors (Lipinski definition) is 1. The Morgan fingerprint density at radius 1 is 0.920 bits per heavy atom. The number of benzene rings is 2. The first kappa shape index (κ1) is 18.9. The Labute approximate surface area is 148 Å². The van der Waals surface area contributed by atoms with Crippen LogP contribution in [0.3, 0.4) is 0 Å². The summed E-state index contributed by atoms with van der Waals surface area (Å²) >= 11 is 0. The van der Waals surface area contributed by atoms with Crippen LogP contribution in [0.25, 0.3) is 0 Å². The zero-order chi connectivity index (χ0) is 18.6. The number of methoxy groups -OCH3 is 3. The molecule has 0 aliphatic heterocycles. The van der Waals surface area contributed by atoms with Gasteiger partial charge in [0.05, 0.1) is 27.1 Å². The minimum absolute atomic E-state index is 0.148. The van der Waals surface area contributed by atoms with Crippen molar-refractivity contribution in [1.29, 1.82) is 0 Å². The number of rotatable bonds is 7. The van der Waals surface area contributed by atoms with Crippen molar-refractivity contribution in [2.24, 2.45) is 0 Å². The normalized spacial score (nSPS) is 11.1. The van der Waals surface area contributed by atoms with Crippen LogP contribution in [0.5, 0.6) is 17.2 Å². The second-order valence-corrected chi connectivity index (χ2v) is 7.38. The number of hydrogen-bond acceptors (Lipinski definition) is 5. The van der Waals surface area contributed by atoms with Crippen molar-refractivity contribution in [2.75, 3.05) is 26.1 Å². The summed E-state index contributed by atoms with van der Waals surface area (Å²) in [5.41, 5.74) is 2.71. The monoisotopic (exact) mass is 365 g/mol. The number of aryl methyl sites for hydroxylation is 1. The molecule has 0 fully saturated rings. The van der Waals surface area contributed by atoms with Crippen LogP contribution in [0.15, 0.2) is 30.3 Å². The van der Waals surface area contributed by atoms with Crippen molar-refractivity contribution >= 4 is 15.7 Å². The van der Waals surface area contributed by atoms with Gasteiger partial charge in [0.1, 0.15) is 17.2 Å². The molecule has 0 radical (unpaired) electrons. The van der Waals surface area contributed by atoms with E-state index in [-0.39, 0.29) is 11.4 Å². The van der Waals surface area contributed by atoms with Crippen LogP contribution in [0.4, 0.5) is 5.69 Å². The molecule has 2 aromatic carbocycles. The van der Waals surface area contributed by atoms with Gasteiger partial charge in [-0.1, -0.05) is 29.8 Å². The second-order valence-electron chi connectivity index (χ2n) is 5.66. The van der Waals surface area contributed by atoms with Crippen LogP contribution < -0.4 is 18.9 Å². The molecule has 0 aliphatic rings. The van der Waals surface area contributed by atoms with Gasteiger partial charge in [0.15, 0.2) is 5.75 Å². The Morgan fingerprint density at radius 2 is 1.52 bits per heavy atom. The quantitative estimate of drug-likeness (QED) is 0.815. The van der Waals surface area contributed by atoms with Crippen LogP contribution in [0.1, 0.15) is 16.7 Å². The molecule has 0 unspecified atom stereocenters. The number of ether oxygens (including phenoxy) is 3. The van der Waals surface area contributed by atoms with Gasteiger partial charge in [-0.2, -0.15) is 0 Å². The third-order valence-electron chi connectivity index (χ3n) is 3.82. The molecule has 136 valence electrons. The highest BCUT2D eigenvalue weighted by Crippen LogP contribution is 2.43. The minimum Gasteiger partial charge on any atom is -0.496 e. The molecule has 0 heterocycles.